The molecule has 0 aliphatic carbocycles. The zero-order chi connectivity index (χ0) is 13.4. The smallest absolute Gasteiger partial charge is 0.0406 e. The van der Waals surface area contributed by atoms with Crippen molar-refractivity contribution in [2.75, 3.05) is 13.6 Å². The lowest BCUT2D eigenvalue weighted by Gasteiger charge is -2.33. The van der Waals surface area contributed by atoms with Crippen LogP contribution in [0.1, 0.15) is 28.2 Å². The number of rotatable bonds is 1. The molecule has 2 aromatic carbocycles. The molecule has 0 N–H and O–H groups in total. The number of likely N-dealkylation sites (N-methyl/N-ethyl adjacent to an activating group) is 1. The largest absolute Gasteiger partial charge is 0.301 e. The van der Waals surface area contributed by atoms with Gasteiger partial charge < -0.3 is 4.90 Å². The molecule has 98 valence electrons. The predicted octanol–water partition coefficient (Wildman–Crippen LogP) is 4.23. The van der Waals surface area contributed by atoms with Crippen molar-refractivity contribution in [1.29, 1.82) is 0 Å². The van der Waals surface area contributed by atoms with Gasteiger partial charge in [0.15, 0.2) is 0 Å². The SMILES string of the molecule is Cc1cccc2c1[C@@H](c1ccc(Cl)cc1)CN(C)C2. The molecule has 0 bridgehead atoms. The van der Waals surface area contributed by atoms with Crippen LogP contribution in [-0.4, -0.2) is 18.5 Å². The van der Waals surface area contributed by atoms with E-state index < -0.39 is 0 Å². The van der Waals surface area contributed by atoms with Crippen LogP contribution < -0.4 is 0 Å². The average molecular weight is 272 g/mol. The Balaban J connectivity index is 2.10. The highest BCUT2D eigenvalue weighted by molar-refractivity contribution is 6.30. The highest BCUT2D eigenvalue weighted by Crippen LogP contribution is 2.35. The van der Waals surface area contributed by atoms with Crippen molar-refractivity contribution in [3.8, 4) is 0 Å². The lowest BCUT2D eigenvalue weighted by Crippen LogP contribution is -2.31. The van der Waals surface area contributed by atoms with E-state index in [1.165, 1.54) is 22.3 Å². The Morgan fingerprint density at radius 2 is 1.84 bits per heavy atom. The highest BCUT2D eigenvalue weighted by atomic mass is 35.5. The molecule has 1 aliphatic heterocycles. The number of hydrogen-bond donors (Lipinski definition) is 0. The van der Waals surface area contributed by atoms with Crippen LogP contribution in [0.15, 0.2) is 42.5 Å². The fourth-order valence-corrected chi connectivity index (χ4v) is 3.23. The Labute approximate surface area is 119 Å². The maximum Gasteiger partial charge on any atom is 0.0406 e. The second-order valence-corrected chi connectivity index (χ2v) is 5.89. The quantitative estimate of drug-likeness (QED) is 0.750. The van der Waals surface area contributed by atoms with Crippen LogP contribution >= 0.6 is 11.6 Å². The first-order valence-corrected chi connectivity index (χ1v) is 7.05. The van der Waals surface area contributed by atoms with Gasteiger partial charge in [-0.3, -0.25) is 0 Å². The van der Waals surface area contributed by atoms with E-state index >= 15 is 0 Å². The van der Waals surface area contributed by atoms with Gasteiger partial charge in [-0.2, -0.15) is 0 Å². The van der Waals surface area contributed by atoms with Crippen molar-refractivity contribution in [1.82, 2.24) is 4.90 Å². The first-order chi connectivity index (χ1) is 9.15. The Morgan fingerprint density at radius 1 is 1.11 bits per heavy atom. The molecular weight excluding hydrogens is 254 g/mol. The third-order valence-electron chi connectivity index (χ3n) is 3.97. The van der Waals surface area contributed by atoms with Gasteiger partial charge in [0, 0.05) is 24.0 Å². The van der Waals surface area contributed by atoms with E-state index in [1.54, 1.807) is 0 Å². The lowest BCUT2D eigenvalue weighted by atomic mass is 9.82. The number of nitrogens with zero attached hydrogens (tertiary/aromatic N) is 1. The van der Waals surface area contributed by atoms with Gasteiger partial charge in [-0.1, -0.05) is 41.9 Å². The molecule has 1 heterocycles. The fourth-order valence-electron chi connectivity index (χ4n) is 3.10. The lowest BCUT2D eigenvalue weighted by molar-refractivity contribution is 0.294. The molecule has 0 amide bonds. The molecule has 1 nitrogen and oxygen atoms in total. The van der Waals surface area contributed by atoms with E-state index in [0.717, 1.165) is 18.1 Å². The van der Waals surface area contributed by atoms with Gasteiger partial charge in [0.2, 0.25) is 0 Å². The van der Waals surface area contributed by atoms with Crippen molar-refractivity contribution < 1.29 is 0 Å². The zero-order valence-corrected chi connectivity index (χ0v) is 12.1. The summed E-state index contributed by atoms with van der Waals surface area (Å²) in [5, 5.41) is 0.804. The molecule has 2 aromatic rings. The van der Waals surface area contributed by atoms with Crippen LogP contribution in [0.2, 0.25) is 5.02 Å². The van der Waals surface area contributed by atoms with E-state index in [0.29, 0.717) is 5.92 Å². The number of hydrogen-bond acceptors (Lipinski definition) is 1. The minimum atomic E-state index is 0.451. The number of benzene rings is 2. The maximum absolute atomic E-state index is 6.00. The summed E-state index contributed by atoms with van der Waals surface area (Å²) in [6.07, 6.45) is 0. The summed E-state index contributed by atoms with van der Waals surface area (Å²) in [5.41, 5.74) is 5.70. The van der Waals surface area contributed by atoms with Gasteiger partial charge >= 0.3 is 0 Å². The normalized spacial score (nSPS) is 19.2. The molecule has 0 saturated heterocycles. The van der Waals surface area contributed by atoms with Crippen molar-refractivity contribution in [3.63, 3.8) is 0 Å². The first-order valence-electron chi connectivity index (χ1n) is 6.67. The molecule has 0 aromatic heterocycles. The van der Waals surface area contributed by atoms with E-state index in [9.17, 15) is 0 Å². The summed E-state index contributed by atoms with van der Waals surface area (Å²) in [6, 6.07) is 14.9. The van der Waals surface area contributed by atoms with Crippen molar-refractivity contribution in [2.24, 2.45) is 0 Å². The third-order valence-corrected chi connectivity index (χ3v) is 4.22. The minimum Gasteiger partial charge on any atom is -0.301 e. The third kappa shape index (κ3) is 2.41. The monoisotopic (exact) mass is 271 g/mol. The average Bonchev–Trinajstić information content (AvgIpc) is 2.38. The molecule has 0 spiro atoms. The Kier molecular flexibility index (Phi) is 3.34. The topological polar surface area (TPSA) is 3.24 Å². The van der Waals surface area contributed by atoms with Gasteiger partial charge in [0.05, 0.1) is 0 Å². The summed E-state index contributed by atoms with van der Waals surface area (Å²) in [4.78, 5) is 2.39. The molecule has 1 atom stereocenters. The second-order valence-electron chi connectivity index (χ2n) is 5.45. The molecule has 1 aliphatic rings. The number of aryl methyl sites for hydroxylation is 1. The van der Waals surface area contributed by atoms with E-state index in [1.807, 2.05) is 12.1 Å². The van der Waals surface area contributed by atoms with Crippen molar-refractivity contribution in [3.05, 3.63) is 69.7 Å². The molecular formula is C17H18ClN. The predicted molar refractivity (Wildman–Crippen MR) is 80.8 cm³/mol. The summed E-state index contributed by atoms with van der Waals surface area (Å²) < 4.78 is 0. The van der Waals surface area contributed by atoms with Crippen LogP contribution in [0.5, 0.6) is 0 Å². The first kappa shape index (κ1) is 12.7. The molecule has 0 unspecified atom stereocenters. The summed E-state index contributed by atoms with van der Waals surface area (Å²) >= 11 is 6.00. The highest BCUT2D eigenvalue weighted by Gasteiger charge is 2.25. The fraction of sp³-hybridized carbons (Fsp3) is 0.294. The van der Waals surface area contributed by atoms with Gasteiger partial charge in [-0.25, -0.2) is 0 Å². The van der Waals surface area contributed by atoms with Gasteiger partial charge in [-0.15, -0.1) is 0 Å². The standard InChI is InChI=1S/C17H18ClN/c1-12-4-3-5-14-10-19(2)11-16(17(12)14)13-6-8-15(18)9-7-13/h3-9,16H,10-11H2,1-2H3/t16-/m1/s1. The van der Waals surface area contributed by atoms with Crippen LogP contribution in [0.25, 0.3) is 0 Å². The van der Waals surface area contributed by atoms with Crippen LogP contribution in [-0.2, 0) is 6.54 Å². The minimum absolute atomic E-state index is 0.451. The van der Waals surface area contributed by atoms with E-state index in [4.69, 9.17) is 11.6 Å². The van der Waals surface area contributed by atoms with Crippen molar-refractivity contribution >= 4 is 11.6 Å². The van der Waals surface area contributed by atoms with Crippen LogP contribution in [0, 0.1) is 6.92 Å². The summed E-state index contributed by atoms with van der Waals surface area (Å²) in [6.45, 7) is 4.33. The second kappa shape index (κ2) is 4.99. The Hall–Kier alpha value is -1.31. The molecule has 0 saturated carbocycles. The zero-order valence-electron chi connectivity index (χ0n) is 11.4. The molecule has 0 radical (unpaired) electrons. The molecule has 3 rings (SSSR count). The van der Waals surface area contributed by atoms with E-state index in [2.05, 4.69) is 49.2 Å². The van der Waals surface area contributed by atoms with Gasteiger partial charge in [0.1, 0.15) is 0 Å². The van der Waals surface area contributed by atoms with Gasteiger partial charge in [-0.05, 0) is 48.4 Å². The van der Waals surface area contributed by atoms with Gasteiger partial charge in [0.25, 0.3) is 0 Å². The molecule has 2 heteroatoms. The maximum atomic E-state index is 6.00. The van der Waals surface area contributed by atoms with Crippen molar-refractivity contribution in [2.45, 2.75) is 19.4 Å². The summed E-state index contributed by atoms with van der Waals surface area (Å²) in [7, 11) is 2.19. The van der Waals surface area contributed by atoms with Crippen LogP contribution in [0.3, 0.4) is 0 Å². The van der Waals surface area contributed by atoms with Crippen LogP contribution in [0.4, 0.5) is 0 Å². The Bertz CT molecular complexity index is 589. The molecule has 19 heavy (non-hydrogen) atoms. The van der Waals surface area contributed by atoms with E-state index in [-0.39, 0.29) is 0 Å². The molecule has 0 fully saturated rings. The summed E-state index contributed by atoms with van der Waals surface area (Å²) in [5.74, 6) is 0.451. The number of halogens is 1. The Morgan fingerprint density at radius 3 is 2.58 bits per heavy atom. The number of fused-ring (bicyclic) bond motifs is 1.